The van der Waals surface area contributed by atoms with Crippen LogP contribution in [0.3, 0.4) is 0 Å². The van der Waals surface area contributed by atoms with E-state index in [1.165, 1.54) is 29.8 Å². The number of fused-ring (bicyclic) bond motifs is 1. The molecule has 1 aliphatic heterocycles. The second-order valence-electron chi connectivity index (χ2n) is 7.29. The fraction of sp³-hybridized carbons (Fsp3) is 0.476. The van der Waals surface area contributed by atoms with Crippen LogP contribution in [0.15, 0.2) is 29.8 Å². The number of amides is 2. The molecule has 2 aliphatic rings. The molecule has 2 heterocycles. The lowest BCUT2D eigenvalue weighted by molar-refractivity contribution is -0.126. The molecule has 1 saturated heterocycles. The Bertz CT molecular complexity index is 921. The summed E-state index contributed by atoms with van der Waals surface area (Å²) in [6, 6.07) is 5.74. The maximum atomic E-state index is 12.5. The van der Waals surface area contributed by atoms with Crippen molar-refractivity contribution in [1.82, 2.24) is 10.3 Å². The van der Waals surface area contributed by atoms with Crippen LogP contribution in [0.2, 0.25) is 0 Å². The summed E-state index contributed by atoms with van der Waals surface area (Å²) in [5.41, 5.74) is 2.14. The van der Waals surface area contributed by atoms with Crippen LogP contribution in [0.1, 0.15) is 39.0 Å². The number of allylic oxidation sites excluding steroid dienone is 1. The molecular formula is C21H25N3O3S. The Kier molecular flexibility index (Phi) is 5.62. The highest BCUT2D eigenvalue weighted by Gasteiger charge is 2.36. The first-order valence-electron chi connectivity index (χ1n) is 9.93. The quantitative estimate of drug-likeness (QED) is 0.753. The van der Waals surface area contributed by atoms with Crippen LogP contribution in [-0.4, -0.2) is 36.5 Å². The van der Waals surface area contributed by atoms with E-state index in [0.717, 1.165) is 28.8 Å². The summed E-state index contributed by atoms with van der Waals surface area (Å²) in [6.45, 7) is 3.55. The van der Waals surface area contributed by atoms with Crippen molar-refractivity contribution in [3.63, 3.8) is 0 Å². The zero-order chi connectivity index (χ0) is 19.5. The van der Waals surface area contributed by atoms with E-state index >= 15 is 0 Å². The van der Waals surface area contributed by atoms with Gasteiger partial charge in [-0.25, -0.2) is 4.98 Å². The predicted octanol–water partition coefficient (Wildman–Crippen LogP) is 3.66. The van der Waals surface area contributed by atoms with Crippen LogP contribution in [0.25, 0.3) is 10.2 Å². The number of carbonyl (C=O) groups excluding carboxylic acids is 2. The minimum Gasteiger partial charge on any atom is -0.494 e. The Hall–Kier alpha value is -2.41. The lowest BCUT2D eigenvalue weighted by Gasteiger charge is -2.16. The third-order valence-electron chi connectivity index (χ3n) is 5.26. The first kappa shape index (κ1) is 18.9. The van der Waals surface area contributed by atoms with Gasteiger partial charge in [0.2, 0.25) is 11.8 Å². The maximum absolute atomic E-state index is 12.5. The van der Waals surface area contributed by atoms with Gasteiger partial charge in [0.25, 0.3) is 0 Å². The Labute approximate surface area is 168 Å². The summed E-state index contributed by atoms with van der Waals surface area (Å²) >= 11 is 1.46. The summed E-state index contributed by atoms with van der Waals surface area (Å²) < 4.78 is 6.51. The van der Waals surface area contributed by atoms with E-state index in [0.29, 0.717) is 24.8 Å². The topological polar surface area (TPSA) is 71.5 Å². The van der Waals surface area contributed by atoms with Crippen molar-refractivity contribution in [2.75, 3.05) is 24.6 Å². The number of nitrogens with zero attached hydrogens (tertiary/aromatic N) is 2. The molecule has 6 nitrogen and oxygen atoms in total. The molecule has 148 valence electrons. The van der Waals surface area contributed by atoms with Gasteiger partial charge in [0.1, 0.15) is 5.75 Å². The molecule has 1 aliphatic carbocycles. The van der Waals surface area contributed by atoms with Gasteiger partial charge in [0.15, 0.2) is 5.13 Å². The highest BCUT2D eigenvalue weighted by Crippen LogP contribution is 2.34. The fourth-order valence-corrected chi connectivity index (χ4v) is 4.76. The van der Waals surface area contributed by atoms with Crippen molar-refractivity contribution in [2.24, 2.45) is 5.92 Å². The molecule has 1 aromatic heterocycles. The van der Waals surface area contributed by atoms with Crippen LogP contribution < -0.4 is 15.0 Å². The Morgan fingerprint density at radius 3 is 3.07 bits per heavy atom. The van der Waals surface area contributed by atoms with E-state index in [-0.39, 0.29) is 24.2 Å². The molecule has 0 radical (unpaired) electrons. The third-order valence-corrected chi connectivity index (χ3v) is 6.30. The molecule has 1 atom stereocenters. The molecule has 0 bridgehead atoms. The number of rotatable bonds is 6. The zero-order valence-corrected chi connectivity index (χ0v) is 16.9. The van der Waals surface area contributed by atoms with Crippen molar-refractivity contribution in [2.45, 2.75) is 39.0 Å². The maximum Gasteiger partial charge on any atom is 0.229 e. The number of hydrogen-bond donors (Lipinski definition) is 1. The van der Waals surface area contributed by atoms with Crippen molar-refractivity contribution >= 4 is 38.5 Å². The van der Waals surface area contributed by atoms with Crippen molar-refractivity contribution in [3.05, 3.63) is 29.8 Å². The van der Waals surface area contributed by atoms with E-state index in [4.69, 9.17) is 4.74 Å². The summed E-state index contributed by atoms with van der Waals surface area (Å²) in [7, 11) is 0. The number of thiazole rings is 1. The van der Waals surface area contributed by atoms with Gasteiger partial charge in [0.05, 0.1) is 22.7 Å². The summed E-state index contributed by atoms with van der Waals surface area (Å²) in [4.78, 5) is 31.3. The van der Waals surface area contributed by atoms with Gasteiger partial charge in [-0.2, -0.15) is 0 Å². The average Bonchev–Trinajstić information content (AvgIpc) is 3.30. The molecular weight excluding hydrogens is 374 g/mol. The molecule has 0 spiro atoms. The van der Waals surface area contributed by atoms with Crippen LogP contribution in [0.4, 0.5) is 5.13 Å². The van der Waals surface area contributed by atoms with Gasteiger partial charge in [-0.05, 0) is 50.8 Å². The monoisotopic (exact) mass is 399 g/mol. The molecule has 1 unspecified atom stereocenters. The lowest BCUT2D eigenvalue weighted by Crippen LogP contribution is -2.34. The van der Waals surface area contributed by atoms with Gasteiger partial charge in [-0.3, -0.25) is 14.5 Å². The molecule has 0 saturated carbocycles. The fourth-order valence-electron chi connectivity index (χ4n) is 3.74. The van der Waals surface area contributed by atoms with E-state index < -0.39 is 0 Å². The molecule has 2 aromatic rings. The minimum absolute atomic E-state index is 0.0398. The summed E-state index contributed by atoms with van der Waals surface area (Å²) in [5, 5.41) is 3.67. The number of aromatic nitrogens is 1. The second-order valence-corrected chi connectivity index (χ2v) is 8.30. The van der Waals surface area contributed by atoms with E-state index in [9.17, 15) is 9.59 Å². The standard InChI is InChI=1S/C21H25N3O3S/c1-2-27-16-8-9-17-18(11-16)28-21(23-17)24-13-15(10-19(24)25)20(26)22-12-14-6-4-3-5-7-14/h6,8-9,11,15H,2-5,7,10,12-13H2,1H3,(H,22,26). The van der Waals surface area contributed by atoms with Crippen LogP contribution in [0, 0.1) is 5.92 Å². The number of hydrogen-bond acceptors (Lipinski definition) is 5. The second kappa shape index (κ2) is 8.31. The van der Waals surface area contributed by atoms with Gasteiger partial charge >= 0.3 is 0 Å². The molecule has 28 heavy (non-hydrogen) atoms. The van der Waals surface area contributed by atoms with Gasteiger partial charge in [-0.15, -0.1) is 0 Å². The van der Waals surface area contributed by atoms with E-state index in [2.05, 4.69) is 16.4 Å². The number of anilines is 1. The van der Waals surface area contributed by atoms with Gasteiger partial charge in [-0.1, -0.05) is 23.0 Å². The Morgan fingerprint density at radius 2 is 2.29 bits per heavy atom. The molecule has 7 heteroatoms. The van der Waals surface area contributed by atoms with Crippen LogP contribution in [-0.2, 0) is 9.59 Å². The van der Waals surface area contributed by atoms with E-state index in [1.807, 2.05) is 25.1 Å². The molecule has 2 amide bonds. The van der Waals surface area contributed by atoms with Crippen LogP contribution >= 0.6 is 11.3 Å². The number of ether oxygens (including phenoxy) is 1. The normalized spacial score (nSPS) is 19.8. The number of nitrogens with one attached hydrogen (secondary N) is 1. The molecule has 4 rings (SSSR count). The Balaban J connectivity index is 1.42. The first-order valence-corrected chi connectivity index (χ1v) is 10.7. The number of benzene rings is 1. The summed E-state index contributed by atoms with van der Waals surface area (Å²) in [6.07, 6.45) is 7.06. The SMILES string of the molecule is CCOc1ccc2nc(N3CC(C(=O)NCC4=CCCCC4)CC3=O)sc2c1. The van der Waals surface area contributed by atoms with Crippen molar-refractivity contribution in [1.29, 1.82) is 0 Å². The molecule has 1 fully saturated rings. The molecule has 1 aromatic carbocycles. The smallest absolute Gasteiger partial charge is 0.229 e. The average molecular weight is 400 g/mol. The van der Waals surface area contributed by atoms with Gasteiger partial charge in [0, 0.05) is 19.5 Å². The van der Waals surface area contributed by atoms with Crippen LogP contribution in [0.5, 0.6) is 5.75 Å². The van der Waals surface area contributed by atoms with Crippen molar-refractivity contribution in [3.8, 4) is 5.75 Å². The largest absolute Gasteiger partial charge is 0.494 e. The lowest BCUT2D eigenvalue weighted by atomic mass is 9.99. The first-order chi connectivity index (χ1) is 13.6. The molecule has 1 N–H and O–H groups in total. The van der Waals surface area contributed by atoms with Gasteiger partial charge < -0.3 is 10.1 Å². The predicted molar refractivity (Wildman–Crippen MR) is 111 cm³/mol. The minimum atomic E-state index is -0.317. The highest BCUT2D eigenvalue weighted by atomic mass is 32.1. The van der Waals surface area contributed by atoms with E-state index in [1.54, 1.807) is 4.90 Å². The zero-order valence-electron chi connectivity index (χ0n) is 16.1. The third kappa shape index (κ3) is 4.04. The highest BCUT2D eigenvalue weighted by molar-refractivity contribution is 7.22. The Morgan fingerprint density at radius 1 is 1.39 bits per heavy atom. The van der Waals surface area contributed by atoms with Crippen molar-refractivity contribution < 1.29 is 14.3 Å². The summed E-state index contributed by atoms with van der Waals surface area (Å²) in [5.74, 6) is 0.401. The number of carbonyl (C=O) groups is 2.